The predicted molar refractivity (Wildman–Crippen MR) is 68.9 cm³/mol. The monoisotopic (exact) mass is 253 g/mol. The molecule has 1 heterocycles. The first-order valence-electron chi connectivity index (χ1n) is 6.02. The van der Waals surface area contributed by atoms with Gasteiger partial charge in [0.1, 0.15) is 0 Å². The highest BCUT2D eigenvalue weighted by Crippen LogP contribution is 2.20. The number of nitrogens with one attached hydrogen (secondary N) is 1. The molecule has 0 atom stereocenters. The van der Waals surface area contributed by atoms with Crippen molar-refractivity contribution in [1.82, 2.24) is 5.32 Å². The molecule has 0 amide bonds. The van der Waals surface area contributed by atoms with Crippen molar-refractivity contribution in [3.63, 3.8) is 0 Å². The Hall–Kier alpha value is -0.870. The molecule has 1 fully saturated rings. The maximum atomic E-state index is 12.1. The van der Waals surface area contributed by atoms with Crippen LogP contribution in [0.3, 0.4) is 0 Å². The number of rotatable bonds is 4. The van der Waals surface area contributed by atoms with E-state index in [4.69, 9.17) is 0 Å². The molecule has 1 aliphatic heterocycles. The van der Waals surface area contributed by atoms with Gasteiger partial charge in [-0.3, -0.25) is 0 Å². The molecule has 2 rings (SSSR count). The highest BCUT2D eigenvalue weighted by molar-refractivity contribution is 7.91. The third-order valence-electron chi connectivity index (χ3n) is 3.23. The van der Waals surface area contributed by atoms with E-state index in [1.807, 2.05) is 12.1 Å². The third-order valence-corrected chi connectivity index (χ3v) is 5.13. The summed E-state index contributed by atoms with van der Waals surface area (Å²) in [5.74, 6) is 0.980. The molecule has 1 saturated heterocycles. The van der Waals surface area contributed by atoms with Crippen LogP contribution in [0.5, 0.6) is 0 Å². The molecule has 4 heteroatoms. The molecule has 3 nitrogen and oxygen atoms in total. The van der Waals surface area contributed by atoms with Crippen LogP contribution in [0, 0.1) is 5.92 Å². The molecule has 94 valence electrons. The van der Waals surface area contributed by atoms with E-state index in [2.05, 4.69) is 19.2 Å². The van der Waals surface area contributed by atoms with Gasteiger partial charge < -0.3 is 5.32 Å². The van der Waals surface area contributed by atoms with Crippen LogP contribution in [-0.4, -0.2) is 27.3 Å². The summed E-state index contributed by atoms with van der Waals surface area (Å²) in [5.41, 5.74) is 1.18. The number of benzene rings is 1. The highest BCUT2D eigenvalue weighted by Gasteiger charge is 2.25. The van der Waals surface area contributed by atoms with Gasteiger partial charge in [-0.2, -0.15) is 0 Å². The lowest BCUT2D eigenvalue weighted by atomic mass is 10.0. The predicted octanol–water partition coefficient (Wildman–Crippen LogP) is 1.80. The van der Waals surface area contributed by atoms with E-state index < -0.39 is 9.84 Å². The lowest BCUT2D eigenvalue weighted by molar-refractivity contribution is 0.378. The first kappa shape index (κ1) is 12.6. The molecule has 0 bridgehead atoms. The molecular weight excluding hydrogens is 234 g/mol. The van der Waals surface area contributed by atoms with Gasteiger partial charge in [-0.05, 0) is 29.5 Å². The zero-order chi connectivity index (χ0) is 12.5. The van der Waals surface area contributed by atoms with Crippen molar-refractivity contribution in [3.05, 3.63) is 29.8 Å². The smallest absolute Gasteiger partial charge is 0.178 e. The number of hydrogen-bond donors (Lipinski definition) is 1. The van der Waals surface area contributed by atoms with E-state index in [-0.39, 0.29) is 11.7 Å². The largest absolute Gasteiger partial charge is 0.316 e. The number of sulfone groups is 1. The zero-order valence-electron chi connectivity index (χ0n) is 10.3. The molecule has 0 radical (unpaired) electrons. The van der Waals surface area contributed by atoms with Crippen LogP contribution in [0.2, 0.25) is 0 Å². The maximum absolute atomic E-state index is 12.1. The fourth-order valence-corrected chi connectivity index (χ4v) is 3.53. The first-order valence-corrected chi connectivity index (χ1v) is 7.67. The summed E-state index contributed by atoms with van der Waals surface area (Å²) in [6.07, 6.45) is 0. The molecule has 1 aromatic rings. The molecule has 1 aromatic carbocycles. The van der Waals surface area contributed by atoms with Crippen LogP contribution in [0.25, 0.3) is 0 Å². The van der Waals surface area contributed by atoms with E-state index in [1.165, 1.54) is 5.56 Å². The minimum atomic E-state index is -3.10. The van der Waals surface area contributed by atoms with Crippen molar-refractivity contribution < 1.29 is 8.42 Å². The van der Waals surface area contributed by atoms with E-state index in [1.54, 1.807) is 12.1 Å². The van der Waals surface area contributed by atoms with Crippen molar-refractivity contribution in [3.8, 4) is 0 Å². The van der Waals surface area contributed by atoms with Crippen molar-refractivity contribution in [2.75, 3.05) is 18.8 Å². The molecule has 0 spiro atoms. The Bertz CT molecular complexity index is 473. The van der Waals surface area contributed by atoms with Gasteiger partial charge in [-0.15, -0.1) is 0 Å². The minimum Gasteiger partial charge on any atom is -0.316 e. The average Bonchev–Trinajstić information content (AvgIpc) is 2.24. The fraction of sp³-hybridized carbons (Fsp3) is 0.538. The second kappa shape index (κ2) is 4.78. The summed E-state index contributed by atoms with van der Waals surface area (Å²) in [5, 5.41) is 3.09. The Morgan fingerprint density at radius 3 is 2.24 bits per heavy atom. The molecule has 0 unspecified atom stereocenters. The Labute approximate surface area is 103 Å². The molecular formula is C13H19NO2S. The van der Waals surface area contributed by atoms with Gasteiger partial charge in [-0.25, -0.2) is 8.42 Å². The van der Waals surface area contributed by atoms with Crippen LogP contribution in [-0.2, 0) is 9.84 Å². The summed E-state index contributed by atoms with van der Waals surface area (Å²) in [7, 11) is -3.10. The van der Waals surface area contributed by atoms with Gasteiger partial charge in [0, 0.05) is 13.1 Å². The summed E-state index contributed by atoms with van der Waals surface area (Å²) >= 11 is 0. The lowest BCUT2D eigenvalue weighted by Crippen LogP contribution is -2.45. The second-order valence-electron chi connectivity index (χ2n) is 5.03. The minimum absolute atomic E-state index is 0.265. The molecule has 0 saturated carbocycles. The van der Waals surface area contributed by atoms with Crippen molar-refractivity contribution in [2.24, 2.45) is 5.92 Å². The Morgan fingerprint density at radius 2 is 1.82 bits per heavy atom. The zero-order valence-corrected chi connectivity index (χ0v) is 11.1. The Balaban J connectivity index is 2.15. The van der Waals surface area contributed by atoms with E-state index >= 15 is 0 Å². The van der Waals surface area contributed by atoms with Crippen LogP contribution in [0.4, 0.5) is 0 Å². The van der Waals surface area contributed by atoms with Gasteiger partial charge >= 0.3 is 0 Å². The Kier molecular flexibility index (Phi) is 3.54. The third kappa shape index (κ3) is 2.87. The van der Waals surface area contributed by atoms with Gasteiger partial charge in [0.25, 0.3) is 0 Å². The molecule has 17 heavy (non-hydrogen) atoms. The summed E-state index contributed by atoms with van der Waals surface area (Å²) < 4.78 is 24.2. The van der Waals surface area contributed by atoms with E-state index in [9.17, 15) is 8.42 Å². The first-order chi connectivity index (χ1) is 7.99. The molecule has 0 aromatic heterocycles. The lowest BCUT2D eigenvalue weighted by Gasteiger charge is -2.26. The van der Waals surface area contributed by atoms with Crippen LogP contribution in [0.1, 0.15) is 25.3 Å². The SMILES string of the molecule is CC(C)c1ccc(S(=O)(=O)CC2CNC2)cc1. The normalized spacial score (nSPS) is 17.1. The standard InChI is InChI=1S/C13H19NO2S/c1-10(2)12-3-5-13(6-4-12)17(15,16)9-11-7-14-8-11/h3-6,10-11,14H,7-9H2,1-2H3. The summed E-state index contributed by atoms with van der Waals surface area (Å²) in [4.78, 5) is 0.453. The molecule has 1 N–H and O–H groups in total. The topological polar surface area (TPSA) is 46.2 Å². The van der Waals surface area contributed by atoms with Crippen LogP contribution >= 0.6 is 0 Å². The average molecular weight is 253 g/mol. The van der Waals surface area contributed by atoms with Crippen molar-refractivity contribution >= 4 is 9.84 Å². The van der Waals surface area contributed by atoms with Gasteiger partial charge in [0.2, 0.25) is 0 Å². The van der Waals surface area contributed by atoms with E-state index in [0.717, 1.165) is 13.1 Å². The maximum Gasteiger partial charge on any atom is 0.178 e. The van der Waals surface area contributed by atoms with E-state index in [0.29, 0.717) is 10.8 Å². The molecule has 0 aliphatic carbocycles. The van der Waals surface area contributed by atoms with Gasteiger partial charge in [-0.1, -0.05) is 26.0 Å². The fourth-order valence-electron chi connectivity index (χ4n) is 1.93. The highest BCUT2D eigenvalue weighted by atomic mass is 32.2. The second-order valence-corrected chi connectivity index (χ2v) is 7.06. The molecule has 1 aliphatic rings. The van der Waals surface area contributed by atoms with Crippen molar-refractivity contribution in [2.45, 2.75) is 24.7 Å². The quantitative estimate of drug-likeness (QED) is 0.890. The summed E-state index contributed by atoms with van der Waals surface area (Å²) in [6.45, 7) is 5.85. The van der Waals surface area contributed by atoms with Gasteiger partial charge in [0.15, 0.2) is 9.84 Å². The van der Waals surface area contributed by atoms with Gasteiger partial charge in [0.05, 0.1) is 10.6 Å². The summed E-state index contributed by atoms with van der Waals surface area (Å²) in [6, 6.07) is 7.29. The van der Waals surface area contributed by atoms with Crippen LogP contribution < -0.4 is 5.32 Å². The van der Waals surface area contributed by atoms with Crippen LogP contribution in [0.15, 0.2) is 29.2 Å². The Morgan fingerprint density at radius 1 is 1.24 bits per heavy atom. The van der Waals surface area contributed by atoms with Crippen molar-refractivity contribution in [1.29, 1.82) is 0 Å². The number of hydrogen-bond acceptors (Lipinski definition) is 3.